The molecule has 0 saturated carbocycles. The molecule has 1 aromatic heterocycles. The molecule has 0 spiro atoms. The zero-order valence-electron chi connectivity index (χ0n) is 9.03. The summed E-state index contributed by atoms with van der Waals surface area (Å²) < 4.78 is 6.13. The number of carbonyl (C=O) groups excluding carboxylic acids is 1. The van der Waals surface area contributed by atoms with E-state index in [1.807, 2.05) is 6.92 Å². The van der Waals surface area contributed by atoms with Crippen molar-refractivity contribution in [2.24, 2.45) is 0 Å². The summed E-state index contributed by atoms with van der Waals surface area (Å²) >= 11 is 0. The van der Waals surface area contributed by atoms with E-state index in [1.54, 1.807) is 16.8 Å². The van der Waals surface area contributed by atoms with E-state index >= 15 is 0 Å². The fourth-order valence-corrected chi connectivity index (χ4v) is 1.32. The van der Waals surface area contributed by atoms with Gasteiger partial charge in [0.25, 0.3) is 5.56 Å². The molecule has 0 aliphatic rings. The Balaban J connectivity index is 2.54. The molecule has 0 amide bonds. The second-order valence-electron chi connectivity index (χ2n) is 3.42. The average molecular weight is 209 g/mol. The molecule has 15 heavy (non-hydrogen) atoms. The van der Waals surface area contributed by atoms with Crippen LogP contribution >= 0.6 is 0 Å². The van der Waals surface area contributed by atoms with Crippen molar-refractivity contribution >= 4 is 5.97 Å². The first-order valence-corrected chi connectivity index (χ1v) is 4.87. The number of ether oxygens (including phenoxy) is 1. The minimum Gasteiger partial charge on any atom is -0.469 e. The van der Waals surface area contributed by atoms with E-state index in [2.05, 4.69) is 4.74 Å². The number of nitrogens with zero attached hydrogens (tertiary/aromatic N) is 1. The lowest BCUT2D eigenvalue weighted by molar-refractivity contribution is -0.140. The minimum atomic E-state index is -0.240. The summed E-state index contributed by atoms with van der Waals surface area (Å²) in [6.45, 7) is 2.48. The molecule has 4 heteroatoms. The third kappa shape index (κ3) is 3.58. The number of rotatable bonds is 4. The molecule has 1 rings (SSSR count). The van der Waals surface area contributed by atoms with E-state index in [0.29, 0.717) is 19.4 Å². The molecule has 82 valence electrons. The summed E-state index contributed by atoms with van der Waals surface area (Å²) in [5.41, 5.74) is 0.998. The van der Waals surface area contributed by atoms with Crippen molar-refractivity contribution in [2.75, 3.05) is 7.11 Å². The fourth-order valence-electron chi connectivity index (χ4n) is 1.32. The molecule has 0 unspecified atom stereocenters. The predicted molar refractivity (Wildman–Crippen MR) is 56.7 cm³/mol. The Morgan fingerprint density at radius 3 is 2.87 bits per heavy atom. The van der Waals surface area contributed by atoms with Crippen LogP contribution in [0.4, 0.5) is 0 Å². The summed E-state index contributed by atoms with van der Waals surface area (Å²) in [4.78, 5) is 22.2. The number of hydrogen-bond donors (Lipinski definition) is 0. The first-order chi connectivity index (χ1) is 7.13. The van der Waals surface area contributed by atoms with Crippen LogP contribution in [0.15, 0.2) is 23.1 Å². The molecule has 0 aliphatic heterocycles. The van der Waals surface area contributed by atoms with Crippen LogP contribution < -0.4 is 5.56 Å². The van der Waals surface area contributed by atoms with Gasteiger partial charge in [-0.25, -0.2) is 0 Å². The number of methoxy groups -OCH3 is 1. The molecule has 1 heterocycles. The van der Waals surface area contributed by atoms with Gasteiger partial charge in [0.1, 0.15) is 0 Å². The number of hydrogen-bond acceptors (Lipinski definition) is 3. The predicted octanol–water partition coefficient (Wildman–Crippen LogP) is 1.11. The van der Waals surface area contributed by atoms with Crippen LogP contribution in [-0.2, 0) is 16.1 Å². The van der Waals surface area contributed by atoms with Crippen molar-refractivity contribution in [2.45, 2.75) is 26.3 Å². The van der Waals surface area contributed by atoms with Crippen LogP contribution in [0.3, 0.4) is 0 Å². The quantitative estimate of drug-likeness (QED) is 0.698. The van der Waals surface area contributed by atoms with Crippen molar-refractivity contribution in [1.82, 2.24) is 4.57 Å². The molecule has 1 aromatic rings. The van der Waals surface area contributed by atoms with Gasteiger partial charge in [-0.05, 0) is 18.9 Å². The summed E-state index contributed by atoms with van der Waals surface area (Å²) in [5, 5.41) is 0. The fraction of sp³-hybridized carbons (Fsp3) is 0.455. The van der Waals surface area contributed by atoms with Crippen molar-refractivity contribution in [3.05, 3.63) is 34.2 Å². The maximum atomic E-state index is 11.4. The molecular formula is C11H15NO3. The van der Waals surface area contributed by atoms with Crippen LogP contribution in [0.25, 0.3) is 0 Å². The number of pyridine rings is 1. The highest BCUT2D eigenvalue weighted by Gasteiger charge is 2.01. The molecule has 0 fully saturated rings. The van der Waals surface area contributed by atoms with Crippen molar-refractivity contribution in [3.8, 4) is 0 Å². The smallest absolute Gasteiger partial charge is 0.305 e. The first-order valence-electron chi connectivity index (χ1n) is 4.87. The van der Waals surface area contributed by atoms with Crippen LogP contribution in [-0.4, -0.2) is 17.6 Å². The van der Waals surface area contributed by atoms with E-state index in [4.69, 9.17) is 0 Å². The Kier molecular flexibility index (Phi) is 4.09. The Bertz CT molecular complexity index is 395. The Morgan fingerprint density at radius 2 is 2.20 bits per heavy atom. The molecule has 0 N–H and O–H groups in total. The van der Waals surface area contributed by atoms with Crippen LogP contribution in [0, 0.1) is 6.92 Å². The molecular weight excluding hydrogens is 194 g/mol. The van der Waals surface area contributed by atoms with Crippen molar-refractivity contribution < 1.29 is 9.53 Å². The minimum absolute atomic E-state index is 0.0366. The van der Waals surface area contributed by atoms with Gasteiger partial charge in [0.2, 0.25) is 0 Å². The van der Waals surface area contributed by atoms with E-state index in [1.165, 1.54) is 13.2 Å². The Hall–Kier alpha value is -1.58. The standard InChI is InChI=1S/C11H15NO3/c1-9-5-6-10(13)12(8-9)7-3-4-11(14)15-2/h5-6,8H,3-4,7H2,1-2H3. The van der Waals surface area contributed by atoms with Crippen molar-refractivity contribution in [1.29, 1.82) is 0 Å². The van der Waals surface area contributed by atoms with Crippen LogP contribution in [0.5, 0.6) is 0 Å². The normalized spacial score (nSPS) is 10.0. The SMILES string of the molecule is COC(=O)CCCn1cc(C)ccc1=O. The van der Waals surface area contributed by atoms with Crippen LogP contribution in [0.2, 0.25) is 0 Å². The van der Waals surface area contributed by atoms with E-state index in [0.717, 1.165) is 5.56 Å². The van der Waals surface area contributed by atoms with Crippen LogP contribution in [0.1, 0.15) is 18.4 Å². The third-order valence-corrected chi connectivity index (χ3v) is 2.14. The highest BCUT2D eigenvalue weighted by Crippen LogP contribution is 1.97. The van der Waals surface area contributed by atoms with E-state index < -0.39 is 0 Å². The molecule has 0 bridgehead atoms. The maximum absolute atomic E-state index is 11.4. The first kappa shape index (κ1) is 11.5. The van der Waals surface area contributed by atoms with Gasteiger partial charge < -0.3 is 9.30 Å². The van der Waals surface area contributed by atoms with Gasteiger partial charge in [0.05, 0.1) is 7.11 Å². The van der Waals surface area contributed by atoms with Gasteiger partial charge in [0, 0.05) is 25.2 Å². The maximum Gasteiger partial charge on any atom is 0.305 e. The highest BCUT2D eigenvalue weighted by atomic mass is 16.5. The lowest BCUT2D eigenvalue weighted by Gasteiger charge is -2.05. The van der Waals surface area contributed by atoms with Gasteiger partial charge in [0.15, 0.2) is 0 Å². The van der Waals surface area contributed by atoms with Gasteiger partial charge in [-0.15, -0.1) is 0 Å². The number of aromatic nitrogens is 1. The number of carbonyl (C=O) groups is 1. The van der Waals surface area contributed by atoms with Gasteiger partial charge >= 0.3 is 5.97 Å². The largest absolute Gasteiger partial charge is 0.469 e. The molecule has 0 aromatic carbocycles. The zero-order valence-corrected chi connectivity index (χ0v) is 9.03. The van der Waals surface area contributed by atoms with E-state index in [9.17, 15) is 9.59 Å². The summed E-state index contributed by atoms with van der Waals surface area (Å²) in [5.74, 6) is -0.240. The van der Waals surface area contributed by atoms with Crippen molar-refractivity contribution in [3.63, 3.8) is 0 Å². The van der Waals surface area contributed by atoms with E-state index in [-0.39, 0.29) is 11.5 Å². The lowest BCUT2D eigenvalue weighted by Crippen LogP contribution is -2.19. The monoisotopic (exact) mass is 209 g/mol. The van der Waals surface area contributed by atoms with Gasteiger partial charge in [-0.3, -0.25) is 9.59 Å². The number of aryl methyl sites for hydroxylation is 2. The molecule has 0 radical (unpaired) electrons. The Morgan fingerprint density at radius 1 is 1.47 bits per heavy atom. The molecule has 0 atom stereocenters. The molecule has 0 aliphatic carbocycles. The summed E-state index contributed by atoms with van der Waals surface area (Å²) in [7, 11) is 1.36. The average Bonchev–Trinajstić information content (AvgIpc) is 2.23. The topological polar surface area (TPSA) is 48.3 Å². The lowest BCUT2D eigenvalue weighted by atomic mass is 10.3. The second kappa shape index (κ2) is 5.34. The number of esters is 1. The van der Waals surface area contributed by atoms with Gasteiger partial charge in [-0.2, -0.15) is 0 Å². The Labute approximate surface area is 88.5 Å². The third-order valence-electron chi connectivity index (χ3n) is 2.14. The van der Waals surface area contributed by atoms with Gasteiger partial charge in [-0.1, -0.05) is 6.07 Å². The molecule has 4 nitrogen and oxygen atoms in total. The summed E-state index contributed by atoms with van der Waals surface area (Å²) in [6.07, 6.45) is 2.76. The molecule has 0 saturated heterocycles. The highest BCUT2D eigenvalue weighted by molar-refractivity contribution is 5.68. The zero-order chi connectivity index (χ0) is 11.3. The second-order valence-corrected chi connectivity index (χ2v) is 3.42. The summed E-state index contributed by atoms with van der Waals surface area (Å²) in [6, 6.07) is 3.31.